The highest BCUT2D eigenvalue weighted by atomic mass is 35.5. The fourth-order valence-electron chi connectivity index (χ4n) is 3.06. The van der Waals surface area contributed by atoms with E-state index in [1.807, 2.05) is 36.4 Å². The van der Waals surface area contributed by atoms with Crippen molar-refractivity contribution >= 4 is 28.4 Å². The first-order chi connectivity index (χ1) is 11.7. The van der Waals surface area contributed by atoms with Crippen LogP contribution in [0.2, 0.25) is 5.02 Å². The first-order valence-electron chi connectivity index (χ1n) is 8.29. The van der Waals surface area contributed by atoms with Gasteiger partial charge in [-0.05, 0) is 42.2 Å². The highest BCUT2D eigenvalue weighted by Gasteiger charge is 2.23. The molecule has 4 heteroatoms. The molecule has 0 atom stereocenters. The Morgan fingerprint density at radius 3 is 2.62 bits per heavy atom. The summed E-state index contributed by atoms with van der Waals surface area (Å²) in [6.07, 6.45) is 4.77. The second-order valence-electron chi connectivity index (χ2n) is 6.44. The molecule has 4 rings (SSSR count). The number of benzene rings is 2. The predicted octanol–water partition coefficient (Wildman–Crippen LogP) is 4.16. The van der Waals surface area contributed by atoms with E-state index in [1.165, 1.54) is 5.56 Å². The molecule has 0 radical (unpaired) electrons. The maximum Gasteiger partial charge on any atom is 0.224 e. The van der Waals surface area contributed by atoms with Gasteiger partial charge in [0.2, 0.25) is 5.91 Å². The van der Waals surface area contributed by atoms with Crippen molar-refractivity contribution in [2.45, 2.75) is 31.8 Å². The van der Waals surface area contributed by atoms with Gasteiger partial charge in [-0.15, -0.1) is 0 Å². The molecular formula is C20H19ClN2O. The molecular weight excluding hydrogens is 320 g/mol. The van der Waals surface area contributed by atoms with E-state index in [0.29, 0.717) is 12.5 Å². The van der Waals surface area contributed by atoms with Crippen LogP contribution < -0.4 is 5.32 Å². The van der Waals surface area contributed by atoms with Crippen LogP contribution in [0, 0.1) is 0 Å². The van der Waals surface area contributed by atoms with Crippen molar-refractivity contribution < 1.29 is 4.79 Å². The number of para-hydroxylation sites is 1. The van der Waals surface area contributed by atoms with Crippen molar-refractivity contribution in [3.05, 3.63) is 70.9 Å². The Kier molecular flexibility index (Phi) is 4.03. The summed E-state index contributed by atoms with van der Waals surface area (Å²) in [6.45, 7) is 0.766. The first-order valence-corrected chi connectivity index (χ1v) is 8.67. The molecule has 0 aliphatic heterocycles. The van der Waals surface area contributed by atoms with Crippen LogP contribution >= 0.6 is 11.6 Å². The molecule has 122 valence electrons. The minimum atomic E-state index is 0.117. The smallest absolute Gasteiger partial charge is 0.224 e. The molecule has 0 saturated heterocycles. The van der Waals surface area contributed by atoms with Crippen LogP contribution in [0.3, 0.4) is 0 Å². The number of carbonyl (C=O) groups is 1. The summed E-state index contributed by atoms with van der Waals surface area (Å²) in [4.78, 5) is 12.2. The number of fused-ring (bicyclic) bond motifs is 1. The molecule has 0 bridgehead atoms. The quantitative estimate of drug-likeness (QED) is 0.744. The summed E-state index contributed by atoms with van der Waals surface area (Å²) in [5.41, 5.74) is 3.42. The van der Waals surface area contributed by atoms with E-state index in [9.17, 15) is 4.79 Å². The zero-order valence-corrected chi connectivity index (χ0v) is 14.1. The van der Waals surface area contributed by atoms with Crippen molar-refractivity contribution in [1.29, 1.82) is 0 Å². The zero-order valence-electron chi connectivity index (χ0n) is 13.3. The van der Waals surface area contributed by atoms with Gasteiger partial charge in [0.05, 0.1) is 6.42 Å². The van der Waals surface area contributed by atoms with Gasteiger partial charge in [0.1, 0.15) is 0 Å². The predicted molar refractivity (Wildman–Crippen MR) is 97.4 cm³/mol. The number of amides is 1. The number of rotatable bonds is 5. The van der Waals surface area contributed by atoms with Crippen LogP contribution in [0.15, 0.2) is 54.7 Å². The van der Waals surface area contributed by atoms with Gasteiger partial charge in [-0.1, -0.05) is 41.9 Å². The van der Waals surface area contributed by atoms with Crippen molar-refractivity contribution in [3.8, 4) is 0 Å². The molecule has 1 heterocycles. The largest absolute Gasteiger partial charge is 0.353 e. The number of nitrogens with one attached hydrogen (secondary N) is 1. The molecule has 1 N–H and O–H groups in total. The van der Waals surface area contributed by atoms with E-state index < -0.39 is 0 Å². The molecule has 0 spiro atoms. The Morgan fingerprint density at radius 2 is 1.88 bits per heavy atom. The van der Waals surface area contributed by atoms with E-state index in [0.717, 1.165) is 40.9 Å². The number of hydrogen-bond donors (Lipinski definition) is 1. The van der Waals surface area contributed by atoms with Crippen molar-refractivity contribution in [2.24, 2.45) is 0 Å². The van der Waals surface area contributed by atoms with Crippen molar-refractivity contribution in [2.75, 3.05) is 0 Å². The molecule has 1 aliphatic carbocycles. The number of halogens is 1. The minimum Gasteiger partial charge on any atom is -0.353 e. The van der Waals surface area contributed by atoms with Crippen LogP contribution in [0.25, 0.3) is 10.9 Å². The third-order valence-electron chi connectivity index (χ3n) is 4.43. The maximum atomic E-state index is 12.2. The summed E-state index contributed by atoms with van der Waals surface area (Å²) in [5, 5.41) is 4.96. The Balaban J connectivity index is 1.62. The van der Waals surface area contributed by atoms with Gasteiger partial charge in [0.25, 0.3) is 0 Å². The summed E-state index contributed by atoms with van der Waals surface area (Å²) in [5.74, 6) is 0.117. The van der Waals surface area contributed by atoms with Gasteiger partial charge in [0.15, 0.2) is 0 Å². The minimum absolute atomic E-state index is 0.117. The molecule has 1 saturated carbocycles. The summed E-state index contributed by atoms with van der Waals surface area (Å²) in [7, 11) is 0. The number of carbonyl (C=O) groups excluding carboxylic acids is 1. The fourth-order valence-corrected chi connectivity index (χ4v) is 3.19. The molecule has 0 unspecified atom stereocenters. The lowest BCUT2D eigenvalue weighted by Gasteiger charge is -2.05. The standard InChI is InChI=1S/C20H19ClN2O/c21-16-7-5-14(6-8-16)12-23-13-15(11-20(24)22-17-9-10-17)18-3-1-2-4-19(18)23/h1-8,13,17H,9-12H2,(H,22,24). The second-order valence-corrected chi connectivity index (χ2v) is 6.88. The molecule has 1 fully saturated rings. The van der Waals surface area contributed by atoms with E-state index >= 15 is 0 Å². The van der Waals surface area contributed by atoms with Crippen LogP contribution in [0.5, 0.6) is 0 Å². The van der Waals surface area contributed by atoms with Crippen LogP contribution in [-0.2, 0) is 17.8 Å². The third kappa shape index (κ3) is 3.31. The zero-order chi connectivity index (χ0) is 16.5. The average Bonchev–Trinajstić information content (AvgIpc) is 3.33. The number of aromatic nitrogens is 1. The van der Waals surface area contributed by atoms with Gasteiger partial charge < -0.3 is 9.88 Å². The van der Waals surface area contributed by atoms with Gasteiger partial charge >= 0.3 is 0 Å². The SMILES string of the molecule is O=C(Cc1cn(Cc2ccc(Cl)cc2)c2ccccc12)NC1CC1. The number of hydrogen-bond acceptors (Lipinski definition) is 1. The highest BCUT2D eigenvalue weighted by molar-refractivity contribution is 6.30. The van der Waals surface area contributed by atoms with E-state index in [4.69, 9.17) is 11.6 Å². The van der Waals surface area contributed by atoms with Crippen LogP contribution in [0.4, 0.5) is 0 Å². The van der Waals surface area contributed by atoms with E-state index in [1.54, 1.807) is 0 Å². The third-order valence-corrected chi connectivity index (χ3v) is 4.68. The topological polar surface area (TPSA) is 34.0 Å². The van der Waals surface area contributed by atoms with E-state index in [-0.39, 0.29) is 5.91 Å². The monoisotopic (exact) mass is 338 g/mol. The molecule has 1 aromatic heterocycles. The second kappa shape index (κ2) is 6.33. The van der Waals surface area contributed by atoms with Crippen molar-refractivity contribution in [1.82, 2.24) is 9.88 Å². The Morgan fingerprint density at radius 1 is 1.12 bits per heavy atom. The lowest BCUT2D eigenvalue weighted by atomic mass is 10.1. The Hall–Kier alpha value is -2.26. The highest BCUT2D eigenvalue weighted by Crippen LogP contribution is 2.24. The lowest BCUT2D eigenvalue weighted by Crippen LogP contribution is -2.26. The normalized spacial score (nSPS) is 14.0. The Bertz CT molecular complexity index is 878. The van der Waals surface area contributed by atoms with Gasteiger partial charge in [-0.3, -0.25) is 4.79 Å². The van der Waals surface area contributed by atoms with Gasteiger partial charge in [-0.25, -0.2) is 0 Å². The lowest BCUT2D eigenvalue weighted by molar-refractivity contribution is -0.120. The summed E-state index contributed by atoms with van der Waals surface area (Å²) < 4.78 is 2.21. The molecule has 1 amide bonds. The summed E-state index contributed by atoms with van der Waals surface area (Å²) >= 11 is 5.97. The number of nitrogens with zero attached hydrogens (tertiary/aromatic N) is 1. The summed E-state index contributed by atoms with van der Waals surface area (Å²) in [6, 6.07) is 16.6. The van der Waals surface area contributed by atoms with Crippen LogP contribution in [0.1, 0.15) is 24.0 Å². The average molecular weight is 339 g/mol. The first kappa shape index (κ1) is 15.3. The molecule has 1 aliphatic rings. The van der Waals surface area contributed by atoms with Gasteiger partial charge in [0, 0.05) is 34.7 Å². The Labute approximate surface area is 146 Å². The molecule has 2 aromatic carbocycles. The molecule has 3 nitrogen and oxygen atoms in total. The fraction of sp³-hybridized carbons (Fsp3) is 0.250. The van der Waals surface area contributed by atoms with Crippen molar-refractivity contribution in [3.63, 3.8) is 0 Å². The molecule has 3 aromatic rings. The van der Waals surface area contributed by atoms with E-state index in [2.05, 4.69) is 28.2 Å². The molecule has 24 heavy (non-hydrogen) atoms. The van der Waals surface area contributed by atoms with Gasteiger partial charge in [-0.2, -0.15) is 0 Å². The van der Waals surface area contributed by atoms with Crippen LogP contribution in [-0.4, -0.2) is 16.5 Å². The maximum absolute atomic E-state index is 12.2.